The molecule has 106 valence electrons. The SMILES string of the molecule is CCCNC(C)c1nnc(NC2CCCNC2=O)o1. The van der Waals surface area contributed by atoms with Gasteiger partial charge in [-0.25, -0.2) is 0 Å². The number of nitrogens with zero attached hydrogens (tertiary/aromatic N) is 2. The molecule has 1 aromatic rings. The van der Waals surface area contributed by atoms with Crippen LogP contribution in [0, 0.1) is 0 Å². The van der Waals surface area contributed by atoms with Crippen LogP contribution in [0.4, 0.5) is 6.01 Å². The molecule has 0 bridgehead atoms. The van der Waals surface area contributed by atoms with Crippen LogP contribution in [0.2, 0.25) is 0 Å². The van der Waals surface area contributed by atoms with Gasteiger partial charge in [-0.2, -0.15) is 0 Å². The normalized spacial score (nSPS) is 20.9. The first-order chi connectivity index (χ1) is 9.20. The summed E-state index contributed by atoms with van der Waals surface area (Å²) >= 11 is 0. The predicted octanol–water partition coefficient (Wildman–Crippen LogP) is 0.821. The van der Waals surface area contributed by atoms with Gasteiger partial charge < -0.3 is 20.4 Å². The van der Waals surface area contributed by atoms with E-state index in [2.05, 4.69) is 33.1 Å². The van der Waals surface area contributed by atoms with E-state index < -0.39 is 0 Å². The maximum Gasteiger partial charge on any atom is 0.316 e. The molecular weight excluding hydrogens is 246 g/mol. The van der Waals surface area contributed by atoms with E-state index in [1.165, 1.54) is 0 Å². The van der Waals surface area contributed by atoms with Gasteiger partial charge in [0.15, 0.2) is 0 Å². The molecule has 1 aliphatic heterocycles. The van der Waals surface area contributed by atoms with Crippen molar-refractivity contribution in [1.82, 2.24) is 20.8 Å². The third kappa shape index (κ3) is 3.66. The van der Waals surface area contributed by atoms with Gasteiger partial charge in [0.1, 0.15) is 6.04 Å². The number of hydrogen-bond donors (Lipinski definition) is 3. The summed E-state index contributed by atoms with van der Waals surface area (Å²) in [5.74, 6) is 0.523. The minimum absolute atomic E-state index is 0.0110. The molecule has 1 fully saturated rings. The smallest absolute Gasteiger partial charge is 0.316 e. The number of amides is 1. The fraction of sp³-hybridized carbons (Fsp3) is 0.750. The highest BCUT2D eigenvalue weighted by Gasteiger charge is 2.24. The van der Waals surface area contributed by atoms with Crippen molar-refractivity contribution < 1.29 is 9.21 Å². The van der Waals surface area contributed by atoms with Crippen molar-refractivity contribution in [3.63, 3.8) is 0 Å². The van der Waals surface area contributed by atoms with Gasteiger partial charge in [-0.15, -0.1) is 5.10 Å². The number of aromatic nitrogens is 2. The highest BCUT2D eigenvalue weighted by Crippen LogP contribution is 2.16. The summed E-state index contributed by atoms with van der Waals surface area (Å²) in [6.07, 6.45) is 2.79. The summed E-state index contributed by atoms with van der Waals surface area (Å²) in [5.41, 5.74) is 0. The number of carbonyl (C=O) groups is 1. The Morgan fingerprint density at radius 2 is 2.37 bits per heavy atom. The van der Waals surface area contributed by atoms with Gasteiger partial charge in [0.2, 0.25) is 11.8 Å². The maximum atomic E-state index is 11.6. The first kappa shape index (κ1) is 13.8. The Kier molecular flexibility index (Phi) is 4.73. The molecule has 19 heavy (non-hydrogen) atoms. The Labute approximate surface area is 112 Å². The molecule has 0 saturated carbocycles. The topological polar surface area (TPSA) is 92.1 Å². The molecule has 1 aromatic heterocycles. The molecule has 2 atom stereocenters. The highest BCUT2D eigenvalue weighted by molar-refractivity contribution is 5.84. The zero-order chi connectivity index (χ0) is 13.7. The zero-order valence-electron chi connectivity index (χ0n) is 11.4. The van der Waals surface area contributed by atoms with Gasteiger partial charge in [-0.3, -0.25) is 4.79 Å². The van der Waals surface area contributed by atoms with Crippen LogP contribution >= 0.6 is 0 Å². The summed E-state index contributed by atoms with van der Waals surface area (Å²) in [4.78, 5) is 11.6. The molecule has 2 unspecified atom stereocenters. The van der Waals surface area contributed by atoms with E-state index in [-0.39, 0.29) is 18.0 Å². The molecule has 0 spiro atoms. The molecule has 1 amide bonds. The van der Waals surface area contributed by atoms with E-state index in [4.69, 9.17) is 4.42 Å². The second-order valence-electron chi connectivity index (χ2n) is 4.75. The lowest BCUT2D eigenvalue weighted by Crippen LogP contribution is -2.44. The van der Waals surface area contributed by atoms with Crippen molar-refractivity contribution >= 4 is 11.9 Å². The fourth-order valence-corrected chi connectivity index (χ4v) is 1.97. The molecule has 7 heteroatoms. The van der Waals surface area contributed by atoms with Gasteiger partial charge in [-0.1, -0.05) is 12.0 Å². The second kappa shape index (κ2) is 6.51. The fourth-order valence-electron chi connectivity index (χ4n) is 1.97. The highest BCUT2D eigenvalue weighted by atomic mass is 16.4. The van der Waals surface area contributed by atoms with E-state index in [0.717, 1.165) is 32.4 Å². The van der Waals surface area contributed by atoms with Gasteiger partial charge in [0.05, 0.1) is 6.04 Å². The molecule has 0 aromatic carbocycles. The van der Waals surface area contributed by atoms with Crippen LogP contribution in [0.25, 0.3) is 0 Å². The van der Waals surface area contributed by atoms with E-state index in [1.807, 2.05) is 6.92 Å². The van der Waals surface area contributed by atoms with Crippen LogP contribution in [-0.4, -0.2) is 35.2 Å². The van der Waals surface area contributed by atoms with Gasteiger partial charge in [0.25, 0.3) is 0 Å². The lowest BCUT2D eigenvalue weighted by molar-refractivity contribution is -0.123. The van der Waals surface area contributed by atoms with E-state index >= 15 is 0 Å². The van der Waals surface area contributed by atoms with Crippen molar-refractivity contribution in [2.45, 2.75) is 45.2 Å². The summed E-state index contributed by atoms with van der Waals surface area (Å²) in [5, 5.41) is 17.0. The number of nitrogens with one attached hydrogen (secondary N) is 3. The quantitative estimate of drug-likeness (QED) is 0.706. The first-order valence-electron chi connectivity index (χ1n) is 6.81. The Morgan fingerprint density at radius 3 is 3.11 bits per heavy atom. The summed E-state index contributed by atoms with van der Waals surface area (Å²) < 4.78 is 5.52. The molecule has 0 aliphatic carbocycles. The van der Waals surface area contributed by atoms with Crippen LogP contribution in [0.15, 0.2) is 4.42 Å². The second-order valence-corrected chi connectivity index (χ2v) is 4.75. The average molecular weight is 267 g/mol. The van der Waals surface area contributed by atoms with Crippen LogP contribution in [0.5, 0.6) is 0 Å². The molecule has 1 aliphatic rings. The summed E-state index contributed by atoms with van der Waals surface area (Å²) in [6, 6.07) is 0.0475. The molecule has 2 heterocycles. The molecule has 2 rings (SSSR count). The third-order valence-electron chi connectivity index (χ3n) is 3.09. The van der Waals surface area contributed by atoms with Crippen molar-refractivity contribution in [3.05, 3.63) is 5.89 Å². The largest absolute Gasteiger partial charge is 0.406 e. The average Bonchev–Trinajstić information content (AvgIpc) is 2.87. The van der Waals surface area contributed by atoms with Crippen molar-refractivity contribution in [3.8, 4) is 0 Å². The minimum atomic E-state index is -0.277. The van der Waals surface area contributed by atoms with Crippen LogP contribution in [-0.2, 0) is 4.79 Å². The van der Waals surface area contributed by atoms with Gasteiger partial charge in [0, 0.05) is 6.54 Å². The number of hydrogen-bond acceptors (Lipinski definition) is 6. The molecule has 7 nitrogen and oxygen atoms in total. The summed E-state index contributed by atoms with van der Waals surface area (Å²) in [6.45, 7) is 5.71. The zero-order valence-corrected chi connectivity index (χ0v) is 11.4. The Hall–Kier alpha value is -1.63. The molecule has 3 N–H and O–H groups in total. The van der Waals surface area contributed by atoms with Crippen molar-refractivity contribution in [1.29, 1.82) is 0 Å². The molecule has 0 radical (unpaired) electrons. The number of carbonyl (C=O) groups excluding carboxylic acids is 1. The predicted molar refractivity (Wildman–Crippen MR) is 70.7 cm³/mol. The van der Waals surface area contributed by atoms with Gasteiger partial charge >= 0.3 is 6.01 Å². The van der Waals surface area contributed by atoms with Crippen LogP contribution < -0.4 is 16.0 Å². The van der Waals surface area contributed by atoms with Crippen molar-refractivity contribution in [2.24, 2.45) is 0 Å². The van der Waals surface area contributed by atoms with Gasteiger partial charge in [-0.05, 0) is 32.7 Å². The Bertz CT molecular complexity index is 420. The van der Waals surface area contributed by atoms with E-state index in [0.29, 0.717) is 11.9 Å². The van der Waals surface area contributed by atoms with E-state index in [1.54, 1.807) is 0 Å². The van der Waals surface area contributed by atoms with Crippen molar-refractivity contribution in [2.75, 3.05) is 18.4 Å². The minimum Gasteiger partial charge on any atom is -0.406 e. The monoisotopic (exact) mass is 267 g/mol. The van der Waals surface area contributed by atoms with Crippen LogP contribution in [0.1, 0.15) is 45.0 Å². The molecular formula is C12H21N5O2. The summed E-state index contributed by atoms with van der Waals surface area (Å²) in [7, 11) is 0. The Balaban J connectivity index is 1.91. The standard InChI is InChI=1S/C12H21N5O2/c1-3-6-13-8(2)11-16-17-12(19-11)15-9-5-4-7-14-10(9)18/h8-9,13H,3-7H2,1-2H3,(H,14,18)(H,15,17). The number of anilines is 1. The van der Waals surface area contributed by atoms with E-state index in [9.17, 15) is 4.79 Å². The number of rotatable bonds is 6. The lowest BCUT2D eigenvalue weighted by Gasteiger charge is -2.21. The third-order valence-corrected chi connectivity index (χ3v) is 3.09. The number of piperidine rings is 1. The first-order valence-corrected chi connectivity index (χ1v) is 6.81. The lowest BCUT2D eigenvalue weighted by atomic mass is 10.1. The van der Waals surface area contributed by atoms with Crippen LogP contribution in [0.3, 0.4) is 0 Å². The maximum absolute atomic E-state index is 11.6. The molecule has 1 saturated heterocycles. The Morgan fingerprint density at radius 1 is 1.53 bits per heavy atom.